The first kappa shape index (κ1) is 24.8. The van der Waals surface area contributed by atoms with Crippen LogP contribution in [-0.4, -0.2) is 43.3 Å². The maximum Gasteiger partial charge on any atom is 0.371 e. The fourth-order valence-electron chi connectivity index (χ4n) is 3.77. The quantitative estimate of drug-likeness (QED) is 0.344. The van der Waals surface area contributed by atoms with Crippen molar-refractivity contribution in [3.05, 3.63) is 77.6 Å². The van der Waals surface area contributed by atoms with Crippen LogP contribution in [0.5, 0.6) is 0 Å². The number of fused-ring (bicyclic) bond motifs is 1. The van der Waals surface area contributed by atoms with Crippen LogP contribution in [0.2, 0.25) is 0 Å². The standard InChI is InChI=1S/C23H25NO8P2/c1-15(2)30-21(25)19-10-11-20(18-9-5-4-8-17(18)19)22-31-33(3,27)23(26,34(28,29)32-22)13-16-7-6-12-24-14-16/h4-12,14-15,22,26-27H,3,13H2,1-2H3,(H,28,29). The van der Waals surface area contributed by atoms with Crippen molar-refractivity contribution < 1.29 is 38.0 Å². The van der Waals surface area contributed by atoms with E-state index in [2.05, 4.69) is 11.3 Å². The molecule has 4 rings (SSSR count). The Balaban J connectivity index is 1.75. The SMILES string of the molecule is C=P1(O)OC(c2ccc(C(=O)OC(C)C)c3ccccc23)OP(=O)(O)C1(O)Cc1cccnc1. The number of hydrogen-bond donors (Lipinski definition) is 3. The third-order valence-corrected chi connectivity index (χ3v) is 10.5. The fourth-order valence-corrected chi connectivity index (χ4v) is 7.74. The molecule has 2 aromatic carbocycles. The van der Waals surface area contributed by atoms with E-state index >= 15 is 0 Å². The summed E-state index contributed by atoms with van der Waals surface area (Å²) >= 11 is 0. The van der Waals surface area contributed by atoms with Crippen LogP contribution in [-0.2, 0) is 24.8 Å². The monoisotopic (exact) mass is 505 g/mol. The van der Waals surface area contributed by atoms with E-state index in [1.165, 1.54) is 24.5 Å². The topological polar surface area (TPSA) is 135 Å². The molecule has 1 aromatic heterocycles. The molecule has 3 N–H and O–H groups in total. The first-order chi connectivity index (χ1) is 16.0. The zero-order chi connectivity index (χ0) is 24.7. The second-order valence-electron chi connectivity index (χ2n) is 8.28. The van der Waals surface area contributed by atoms with E-state index in [-0.39, 0.29) is 11.7 Å². The number of hydrogen-bond acceptors (Lipinski definition) is 8. The molecule has 2 heterocycles. The van der Waals surface area contributed by atoms with E-state index in [0.717, 1.165) is 0 Å². The van der Waals surface area contributed by atoms with Gasteiger partial charge in [-0.15, -0.1) is 0 Å². The van der Waals surface area contributed by atoms with Crippen LogP contribution in [0.4, 0.5) is 0 Å². The summed E-state index contributed by atoms with van der Waals surface area (Å²) in [4.78, 5) is 38.3. The Morgan fingerprint density at radius 3 is 2.47 bits per heavy atom. The Hall–Kier alpha value is -2.35. The summed E-state index contributed by atoms with van der Waals surface area (Å²) in [6.07, 6.45) is 4.22. The molecule has 0 saturated carbocycles. The minimum Gasteiger partial charge on any atom is -0.459 e. The Bertz CT molecular complexity index is 1300. The molecule has 34 heavy (non-hydrogen) atoms. The van der Waals surface area contributed by atoms with Crippen LogP contribution >= 0.6 is 14.9 Å². The van der Waals surface area contributed by atoms with Gasteiger partial charge in [-0.3, -0.25) is 18.6 Å². The summed E-state index contributed by atoms with van der Waals surface area (Å²) in [5.74, 6) is -0.525. The lowest BCUT2D eigenvalue weighted by atomic mass is 9.99. The molecule has 0 radical (unpaired) electrons. The molecule has 0 amide bonds. The minimum absolute atomic E-state index is 0.288. The van der Waals surface area contributed by atoms with E-state index in [1.54, 1.807) is 50.2 Å². The van der Waals surface area contributed by atoms with E-state index in [0.29, 0.717) is 21.9 Å². The zero-order valence-corrected chi connectivity index (χ0v) is 20.4. The van der Waals surface area contributed by atoms with Crippen LogP contribution in [0.15, 0.2) is 60.9 Å². The summed E-state index contributed by atoms with van der Waals surface area (Å²) in [6, 6.07) is 13.0. The summed E-state index contributed by atoms with van der Waals surface area (Å²) in [5.41, 5.74) is 0.978. The van der Waals surface area contributed by atoms with Crippen LogP contribution in [0.1, 0.15) is 41.6 Å². The summed E-state index contributed by atoms with van der Waals surface area (Å²) in [7, 11) is -9.04. The molecule has 4 atom stereocenters. The average molecular weight is 505 g/mol. The van der Waals surface area contributed by atoms with Crippen molar-refractivity contribution >= 4 is 38.0 Å². The highest BCUT2D eigenvalue weighted by Crippen LogP contribution is 2.79. The van der Waals surface area contributed by atoms with Gasteiger partial charge in [-0.25, -0.2) is 4.79 Å². The van der Waals surface area contributed by atoms with E-state index in [9.17, 15) is 24.3 Å². The van der Waals surface area contributed by atoms with Crippen LogP contribution < -0.4 is 0 Å². The Morgan fingerprint density at radius 2 is 1.85 bits per heavy atom. The number of pyridine rings is 1. The molecule has 4 unspecified atom stereocenters. The first-order valence-electron chi connectivity index (χ1n) is 10.4. The normalized spacial score (nSPS) is 29.3. The lowest BCUT2D eigenvalue weighted by Gasteiger charge is -2.45. The second-order valence-corrected chi connectivity index (χ2v) is 13.0. The molecule has 0 spiro atoms. The molecule has 180 valence electrons. The molecule has 3 aromatic rings. The van der Waals surface area contributed by atoms with Crippen molar-refractivity contribution in [2.45, 2.75) is 37.7 Å². The van der Waals surface area contributed by atoms with Crippen molar-refractivity contribution in [1.82, 2.24) is 4.98 Å². The number of rotatable bonds is 5. The number of aromatic nitrogens is 1. The number of nitrogens with zero attached hydrogens (tertiary/aromatic N) is 1. The summed E-state index contributed by atoms with van der Waals surface area (Å²) in [6.45, 7) is 3.48. The van der Waals surface area contributed by atoms with Crippen molar-refractivity contribution in [2.24, 2.45) is 0 Å². The van der Waals surface area contributed by atoms with Gasteiger partial charge in [0.1, 0.15) is 0 Å². The highest BCUT2D eigenvalue weighted by Gasteiger charge is 2.62. The number of benzene rings is 2. The molecule has 0 bridgehead atoms. The van der Waals surface area contributed by atoms with Crippen molar-refractivity contribution in [1.29, 1.82) is 0 Å². The molecule has 1 aliphatic rings. The van der Waals surface area contributed by atoms with Crippen molar-refractivity contribution in [3.63, 3.8) is 0 Å². The van der Waals surface area contributed by atoms with Crippen LogP contribution in [0.25, 0.3) is 10.8 Å². The minimum atomic E-state index is -4.90. The molecule has 1 aliphatic heterocycles. The highest BCUT2D eigenvalue weighted by molar-refractivity contribution is 7.78. The Labute approximate surface area is 196 Å². The molecule has 1 fully saturated rings. The molecular formula is C23H25NO8P2. The maximum absolute atomic E-state index is 13.3. The third-order valence-electron chi connectivity index (χ3n) is 5.46. The smallest absolute Gasteiger partial charge is 0.371 e. The van der Waals surface area contributed by atoms with Gasteiger partial charge in [0, 0.05) is 24.4 Å². The Morgan fingerprint density at radius 1 is 1.15 bits per heavy atom. The first-order valence-corrected chi connectivity index (χ1v) is 13.9. The molecular weight excluding hydrogens is 480 g/mol. The number of carbonyl (C=O) groups is 1. The molecule has 1 saturated heterocycles. The van der Waals surface area contributed by atoms with Gasteiger partial charge in [-0.05, 0) is 48.6 Å². The van der Waals surface area contributed by atoms with Gasteiger partial charge in [0.15, 0.2) is 13.6 Å². The van der Waals surface area contributed by atoms with Gasteiger partial charge in [-0.1, -0.05) is 36.4 Å². The highest BCUT2D eigenvalue weighted by atomic mass is 31.2. The van der Waals surface area contributed by atoms with Gasteiger partial charge in [-0.2, -0.15) is 0 Å². The largest absolute Gasteiger partial charge is 0.459 e. The van der Waals surface area contributed by atoms with Gasteiger partial charge in [0.2, 0.25) is 5.08 Å². The lowest BCUT2D eigenvalue weighted by Crippen LogP contribution is -2.38. The van der Waals surface area contributed by atoms with Gasteiger partial charge >= 0.3 is 13.6 Å². The number of carbonyl (C=O) groups excluding carboxylic acids is 1. The van der Waals surface area contributed by atoms with E-state index in [4.69, 9.17) is 13.8 Å². The van der Waals surface area contributed by atoms with Crippen LogP contribution in [0.3, 0.4) is 0 Å². The maximum atomic E-state index is 13.3. The van der Waals surface area contributed by atoms with Gasteiger partial charge in [0.25, 0.3) is 0 Å². The number of esters is 1. The van der Waals surface area contributed by atoms with Crippen molar-refractivity contribution in [2.75, 3.05) is 0 Å². The van der Waals surface area contributed by atoms with Crippen LogP contribution in [0, 0.1) is 0 Å². The lowest BCUT2D eigenvalue weighted by molar-refractivity contribution is -0.0465. The number of aliphatic hydroxyl groups is 1. The van der Waals surface area contributed by atoms with E-state index in [1.807, 2.05) is 0 Å². The van der Waals surface area contributed by atoms with Gasteiger partial charge in [0.05, 0.1) is 11.7 Å². The molecule has 9 nitrogen and oxygen atoms in total. The fraction of sp³-hybridized carbons (Fsp3) is 0.261. The summed E-state index contributed by atoms with van der Waals surface area (Å²) in [5, 5.41) is 9.48. The predicted octanol–water partition coefficient (Wildman–Crippen LogP) is 4.19. The zero-order valence-electron chi connectivity index (χ0n) is 18.6. The average Bonchev–Trinajstić information content (AvgIpc) is 2.76. The third kappa shape index (κ3) is 4.37. The van der Waals surface area contributed by atoms with E-state index < -0.39 is 38.7 Å². The van der Waals surface area contributed by atoms with Crippen molar-refractivity contribution in [3.8, 4) is 0 Å². The Kier molecular flexibility index (Phi) is 6.57. The second kappa shape index (κ2) is 9.02. The summed E-state index contributed by atoms with van der Waals surface area (Å²) < 4.78 is 29.6. The predicted molar refractivity (Wildman–Crippen MR) is 128 cm³/mol. The number of ether oxygens (including phenoxy) is 1. The van der Waals surface area contributed by atoms with Gasteiger partial charge < -0.3 is 19.6 Å². The molecule has 0 aliphatic carbocycles. The molecule has 11 heteroatoms.